The molecule has 0 bridgehead atoms. The first-order valence-corrected chi connectivity index (χ1v) is 11.4. The molecule has 1 aromatic heterocycles. The van der Waals surface area contributed by atoms with E-state index in [1.165, 1.54) is 11.8 Å². The summed E-state index contributed by atoms with van der Waals surface area (Å²) in [5.74, 6) is 0.0207. The van der Waals surface area contributed by atoms with E-state index < -0.39 is 0 Å². The van der Waals surface area contributed by atoms with Crippen molar-refractivity contribution in [2.24, 2.45) is 0 Å². The fourth-order valence-corrected chi connectivity index (χ4v) is 4.12. The Morgan fingerprint density at radius 3 is 2.59 bits per heavy atom. The van der Waals surface area contributed by atoms with Crippen LogP contribution in [0, 0.1) is 0 Å². The number of thioether (sulfide) groups is 1. The first kappa shape index (κ1) is 24.1. The lowest BCUT2D eigenvalue weighted by Crippen LogP contribution is -2.25. The minimum atomic E-state index is -0.322. The smallest absolute Gasteiger partial charge is 0.253 e. The summed E-state index contributed by atoms with van der Waals surface area (Å²) in [5, 5.41) is 15.5. The van der Waals surface area contributed by atoms with Crippen LogP contribution in [-0.4, -0.2) is 32.3 Å². The van der Waals surface area contributed by atoms with E-state index in [2.05, 4.69) is 27.4 Å². The van der Waals surface area contributed by atoms with Crippen molar-refractivity contribution in [2.75, 3.05) is 11.1 Å². The number of hydrogen-bond acceptors (Lipinski definition) is 5. The molecule has 32 heavy (non-hydrogen) atoms. The van der Waals surface area contributed by atoms with Crippen LogP contribution in [-0.2, 0) is 17.9 Å². The zero-order valence-electron chi connectivity index (χ0n) is 16.6. The normalized spacial score (nSPS) is 10.6. The number of benzene rings is 2. The molecule has 166 valence electrons. The summed E-state index contributed by atoms with van der Waals surface area (Å²) in [6, 6.07) is 11.6. The zero-order chi connectivity index (χ0) is 23.1. The van der Waals surface area contributed by atoms with Crippen molar-refractivity contribution >= 4 is 64.1 Å². The van der Waals surface area contributed by atoms with Gasteiger partial charge < -0.3 is 15.2 Å². The Hall–Kier alpha value is -2.52. The third kappa shape index (κ3) is 6.26. The standard InChI is InChI=1S/C21H18Cl3N5O2S/c1-2-9-29-18(11-25-20(31)14-5-3-4-6-15(14)23)27-28-21(29)32-12-19(30)26-17-8-7-13(22)10-16(17)24/h2-8,10H,1,9,11-12H2,(H,25,31)(H,26,30). The largest absolute Gasteiger partial charge is 0.345 e. The number of carbonyl (C=O) groups is 2. The fraction of sp³-hybridized carbons (Fsp3) is 0.143. The molecule has 0 unspecified atom stereocenters. The van der Waals surface area contributed by atoms with Crippen molar-refractivity contribution in [3.05, 3.63) is 81.6 Å². The number of amides is 2. The molecule has 0 saturated heterocycles. The van der Waals surface area contributed by atoms with Crippen LogP contribution in [0.3, 0.4) is 0 Å². The van der Waals surface area contributed by atoms with Gasteiger partial charge in [0.15, 0.2) is 11.0 Å². The Balaban J connectivity index is 1.62. The van der Waals surface area contributed by atoms with E-state index in [4.69, 9.17) is 34.8 Å². The van der Waals surface area contributed by atoms with Gasteiger partial charge in [0.05, 0.1) is 33.6 Å². The Kier molecular flexibility index (Phi) is 8.58. The highest BCUT2D eigenvalue weighted by Crippen LogP contribution is 2.26. The van der Waals surface area contributed by atoms with Crippen molar-refractivity contribution in [3.8, 4) is 0 Å². The Morgan fingerprint density at radius 1 is 1.09 bits per heavy atom. The molecule has 0 radical (unpaired) electrons. The SMILES string of the molecule is C=CCn1c(CNC(=O)c2ccccc2Cl)nnc1SCC(=O)Nc1ccc(Cl)cc1Cl. The first-order chi connectivity index (χ1) is 15.4. The van der Waals surface area contributed by atoms with Crippen LogP contribution in [0.15, 0.2) is 60.3 Å². The van der Waals surface area contributed by atoms with Crippen LogP contribution in [0.2, 0.25) is 15.1 Å². The summed E-state index contributed by atoms with van der Waals surface area (Å²) in [6.45, 7) is 4.30. The number of allylic oxidation sites excluding steroid dienone is 1. The lowest BCUT2D eigenvalue weighted by Gasteiger charge is -2.10. The molecule has 2 aromatic carbocycles. The highest BCUT2D eigenvalue weighted by atomic mass is 35.5. The molecule has 3 aromatic rings. The number of hydrogen-bond donors (Lipinski definition) is 2. The molecule has 7 nitrogen and oxygen atoms in total. The van der Waals surface area contributed by atoms with E-state index in [1.54, 1.807) is 53.1 Å². The number of carbonyl (C=O) groups excluding carboxylic acids is 2. The van der Waals surface area contributed by atoms with E-state index in [0.29, 0.717) is 43.8 Å². The number of nitrogens with one attached hydrogen (secondary N) is 2. The lowest BCUT2D eigenvalue weighted by molar-refractivity contribution is -0.113. The van der Waals surface area contributed by atoms with Crippen LogP contribution in [0.25, 0.3) is 0 Å². The minimum Gasteiger partial charge on any atom is -0.345 e. The summed E-state index contributed by atoms with van der Waals surface area (Å²) in [6.07, 6.45) is 1.68. The second kappa shape index (κ2) is 11.4. The van der Waals surface area contributed by atoms with Crippen LogP contribution in [0.1, 0.15) is 16.2 Å². The van der Waals surface area contributed by atoms with Crippen LogP contribution in [0.5, 0.6) is 0 Å². The second-order valence-electron chi connectivity index (χ2n) is 6.42. The Bertz CT molecular complexity index is 1150. The van der Waals surface area contributed by atoms with Crippen molar-refractivity contribution in [3.63, 3.8) is 0 Å². The van der Waals surface area contributed by atoms with Gasteiger partial charge in [0.2, 0.25) is 5.91 Å². The van der Waals surface area contributed by atoms with Gasteiger partial charge >= 0.3 is 0 Å². The van der Waals surface area contributed by atoms with E-state index in [-0.39, 0.29) is 24.1 Å². The van der Waals surface area contributed by atoms with Gasteiger partial charge in [-0.25, -0.2) is 0 Å². The van der Waals surface area contributed by atoms with E-state index >= 15 is 0 Å². The van der Waals surface area contributed by atoms with Crippen LogP contribution >= 0.6 is 46.6 Å². The van der Waals surface area contributed by atoms with E-state index in [0.717, 1.165) is 0 Å². The summed E-state index contributed by atoms with van der Waals surface area (Å²) in [5.41, 5.74) is 0.841. The molecule has 0 aliphatic carbocycles. The molecule has 3 rings (SSSR count). The molecular weight excluding hydrogens is 493 g/mol. The topological polar surface area (TPSA) is 88.9 Å². The molecule has 2 N–H and O–H groups in total. The molecular formula is C21H18Cl3N5O2S. The molecule has 1 heterocycles. The van der Waals surface area contributed by atoms with Crippen LogP contribution in [0.4, 0.5) is 5.69 Å². The van der Waals surface area contributed by atoms with Crippen molar-refractivity contribution in [1.82, 2.24) is 20.1 Å². The summed E-state index contributed by atoms with van der Waals surface area (Å²) < 4.78 is 1.77. The molecule has 0 fully saturated rings. The Labute approximate surface area is 204 Å². The number of rotatable bonds is 9. The molecule has 11 heteroatoms. The Morgan fingerprint density at radius 2 is 1.88 bits per heavy atom. The maximum Gasteiger partial charge on any atom is 0.253 e. The lowest BCUT2D eigenvalue weighted by atomic mass is 10.2. The second-order valence-corrected chi connectivity index (χ2v) is 8.61. The van der Waals surface area contributed by atoms with Crippen molar-refractivity contribution in [1.29, 1.82) is 0 Å². The van der Waals surface area contributed by atoms with Gasteiger partial charge in [-0.2, -0.15) is 0 Å². The minimum absolute atomic E-state index is 0.0835. The van der Waals surface area contributed by atoms with Gasteiger partial charge in [0, 0.05) is 11.6 Å². The van der Waals surface area contributed by atoms with Crippen molar-refractivity contribution < 1.29 is 9.59 Å². The fourth-order valence-electron chi connectivity index (χ4n) is 2.68. The van der Waals surface area contributed by atoms with Gasteiger partial charge in [0.25, 0.3) is 5.91 Å². The third-order valence-corrected chi connectivity index (χ3v) is 6.01. The average molecular weight is 511 g/mol. The molecule has 2 amide bonds. The number of nitrogens with zero attached hydrogens (tertiary/aromatic N) is 3. The summed E-state index contributed by atoms with van der Waals surface area (Å²) in [4.78, 5) is 24.7. The first-order valence-electron chi connectivity index (χ1n) is 9.32. The third-order valence-electron chi connectivity index (χ3n) is 4.17. The number of aromatic nitrogens is 3. The van der Waals surface area contributed by atoms with Gasteiger partial charge in [-0.1, -0.05) is 64.8 Å². The quantitative estimate of drug-likeness (QED) is 0.309. The van der Waals surface area contributed by atoms with Gasteiger partial charge in [-0.05, 0) is 30.3 Å². The summed E-state index contributed by atoms with van der Waals surface area (Å²) >= 11 is 19.2. The highest BCUT2D eigenvalue weighted by molar-refractivity contribution is 7.99. The van der Waals surface area contributed by atoms with Gasteiger partial charge in [-0.15, -0.1) is 16.8 Å². The molecule has 0 saturated carbocycles. The molecule has 0 spiro atoms. The number of halogens is 3. The molecule has 0 aliphatic rings. The summed E-state index contributed by atoms with van der Waals surface area (Å²) in [7, 11) is 0. The molecule has 0 aliphatic heterocycles. The van der Waals surface area contributed by atoms with Gasteiger partial charge in [-0.3, -0.25) is 9.59 Å². The highest BCUT2D eigenvalue weighted by Gasteiger charge is 2.16. The monoisotopic (exact) mass is 509 g/mol. The van der Waals surface area contributed by atoms with E-state index in [9.17, 15) is 9.59 Å². The van der Waals surface area contributed by atoms with Crippen LogP contribution < -0.4 is 10.6 Å². The molecule has 0 atom stereocenters. The average Bonchev–Trinajstić information content (AvgIpc) is 3.15. The maximum atomic E-state index is 12.4. The van der Waals surface area contributed by atoms with Gasteiger partial charge in [0.1, 0.15) is 0 Å². The predicted molar refractivity (Wildman–Crippen MR) is 129 cm³/mol. The van der Waals surface area contributed by atoms with Crippen molar-refractivity contribution in [2.45, 2.75) is 18.2 Å². The zero-order valence-corrected chi connectivity index (χ0v) is 19.7. The maximum absolute atomic E-state index is 12.4. The number of anilines is 1. The van der Waals surface area contributed by atoms with E-state index in [1.807, 2.05) is 0 Å². The predicted octanol–water partition coefficient (Wildman–Crippen LogP) is 5.09.